The molecule has 0 atom stereocenters. The maximum absolute atomic E-state index is 6.11. The lowest BCUT2D eigenvalue weighted by atomic mass is 9.92. The lowest BCUT2D eigenvalue weighted by molar-refractivity contribution is 0.479. The van der Waals surface area contributed by atoms with Crippen LogP contribution in [0.2, 0.25) is 0 Å². The summed E-state index contributed by atoms with van der Waals surface area (Å²) >= 11 is 0. The third kappa shape index (κ3) is 6.53. The van der Waals surface area contributed by atoms with Gasteiger partial charge < -0.3 is 4.74 Å². The SMILES string of the molecule is C=C/C=C(\C=C/CC1=CC(=C)c2c(ccc3ccccc23)OC=C1)c1ccc2ccccc2c1-c1nc(-c2ccccc2)nc(-c2ccccc2)n1. The van der Waals surface area contributed by atoms with Gasteiger partial charge in [-0.15, -0.1) is 0 Å². The molecule has 0 radical (unpaired) electrons. The van der Waals surface area contributed by atoms with Gasteiger partial charge in [0.2, 0.25) is 0 Å². The van der Waals surface area contributed by atoms with E-state index in [9.17, 15) is 0 Å². The fourth-order valence-corrected chi connectivity index (χ4v) is 6.70. The van der Waals surface area contributed by atoms with Crippen LogP contribution in [0.4, 0.5) is 0 Å². The van der Waals surface area contributed by atoms with E-state index in [1.807, 2.05) is 97.1 Å². The molecule has 1 aliphatic rings. The first-order valence-corrected chi connectivity index (χ1v) is 17.3. The Kier molecular flexibility index (Phi) is 9.02. The fraction of sp³-hybridized carbons (Fsp3) is 0.0208. The molecule has 4 heteroatoms. The van der Waals surface area contributed by atoms with Gasteiger partial charge in [0.15, 0.2) is 17.5 Å². The second kappa shape index (κ2) is 14.5. The molecule has 0 fully saturated rings. The quantitative estimate of drug-likeness (QED) is 0.151. The smallest absolute Gasteiger partial charge is 0.165 e. The second-order valence-electron chi connectivity index (χ2n) is 12.5. The minimum Gasteiger partial charge on any atom is -0.464 e. The number of nitrogens with zero attached hydrogens (tertiary/aromatic N) is 3. The Balaban J connectivity index is 1.21. The van der Waals surface area contributed by atoms with Gasteiger partial charge in [0.05, 0.1) is 6.26 Å². The molecule has 0 saturated carbocycles. The van der Waals surface area contributed by atoms with E-state index >= 15 is 0 Å². The van der Waals surface area contributed by atoms with Crippen molar-refractivity contribution in [1.82, 2.24) is 15.0 Å². The van der Waals surface area contributed by atoms with Crippen LogP contribution in [0.15, 0.2) is 195 Å². The summed E-state index contributed by atoms with van der Waals surface area (Å²) < 4.78 is 6.11. The molecule has 7 aromatic rings. The van der Waals surface area contributed by atoms with E-state index in [4.69, 9.17) is 19.7 Å². The summed E-state index contributed by atoms with van der Waals surface area (Å²) in [5.74, 6) is 2.64. The third-order valence-corrected chi connectivity index (χ3v) is 9.16. The Morgan fingerprint density at radius 1 is 0.615 bits per heavy atom. The van der Waals surface area contributed by atoms with Crippen LogP contribution in [0.3, 0.4) is 0 Å². The highest BCUT2D eigenvalue weighted by atomic mass is 16.5. The van der Waals surface area contributed by atoms with Gasteiger partial charge in [-0.2, -0.15) is 0 Å². The third-order valence-electron chi connectivity index (χ3n) is 9.16. The number of hydrogen-bond acceptors (Lipinski definition) is 4. The number of allylic oxidation sites excluding steroid dienone is 9. The van der Waals surface area contributed by atoms with E-state index < -0.39 is 0 Å². The summed E-state index contributed by atoms with van der Waals surface area (Å²) in [4.78, 5) is 15.2. The van der Waals surface area contributed by atoms with E-state index in [0.29, 0.717) is 23.9 Å². The molecule has 52 heavy (non-hydrogen) atoms. The van der Waals surface area contributed by atoms with Crippen LogP contribution in [0.5, 0.6) is 5.75 Å². The first-order valence-electron chi connectivity index (χ1n) is 17.3. The van der Waals surface area contributed by atoms with Gasteiger partial charge in [0.25, 0.3) is 0 Å². The molecule has 4 nitrogen and oxygen atoms in total. The molecule has 0 N–H and O–H groups in total. The monoisotopic (exact) mass is 669 g/mol. The predicted octanol–water partition coefficient (Wildman–Crippen LogP) is 12.2. The minimum absolute atomic E-state index is 0.605. The Morgan fingerprint density at radius 2 is 1.19 bits per heavy atom. The molecule has 0 saturated heterocycles. The highest BCUT2D eigenvalue weighted by molar-refractivity contribution is 6.02. The van der Waals surface area contributed by atoms with Gasteiger partial charge in [-0.1, -0.05) is 171 Å². The molecule has 2 heterocycles. The number of hydrogen-bond donors (Lipinski definition) is 0. The molecule has 0 bridgehead atoms. The van der Waals surface area contributed by atoms with Crippen molar-refractivity contribution in [3.8, 4) is 39.9 Å². The second-order valence-corrected chi connectivity index (χ2v) is 12.5. The van der Waals surface area contributed by atoms with Crippen molar-refractivity contribution in [2.24, 2.45) is 0 Å². The number of aromatic nitrogens is 3. The molecule has 0 unspecified atom stereocenters. The van der Waals surface area contributed by atoms with Crippen molar-refractivity contribution in [2.45, 2.75) is 6.42 Å². The Hall–Kier alpha value is -6.91. The van der Waals surface area contributed by atoms with Crippen LogP contribution >= 0.6 is 0 Å². The highest BCUT2D eigenvalue weighted by Gasteiger charge is 2.19. The van der Waals surface area contributed by atoms with Crippen LogP contribution in [-0.4, -0.2) is 15.0 Å². The first kappa shape index (κ1) is 32.3. The van der Waals surface area contributed by atoms with Crippen molar-refractivity contribution in [1.29, 1.82) is 0 Å². The minimum atomic E-state index is 0.605. The van der Waals surface area contributed by atoms with Gasteiger partial charge in [0, 0.05) is 22.3 Å². The van der Waals surface area contributed by atoms with E-state index in [0.717, 1.165) is 71.8 Å². The van der Waals surface area contributed by atoms with Crippen LogP contribution in [0.25, 0.3) is 66.9 Å². The maximum Gasteiger partial charge on any atom is 0.165 e. The molecule has 0 spiro atoms. The van der Waals surface area contributed by atoms with E-state index in [-0.39, 0.29) is 0 Å². The molecule has 8 rings (SSSR count). The van der Waals surface area contributed by atoms with Crippen LogP contribution < -0.4 is 4.74 Å². The van der Waals surface area contributed by atoms with E-state index in [1.165, 1.54) is 0 Å². The van der Waals surface area contributed by atoms with Gasteiger partial charge in [-0.3, -0.25) is 0 Å². The summed E-state index contributed by atoms with van der Waals surface area (Å²) in [6, 6.07) is 45.2. The molecule has 0 amide bonds. The Labute approximate surface area is 303 Å². The van der Waals surface area contributed by atoms with Crippen LogP contribution in [-0.2, 0) is 0 Å². The largest absolute Gasteiger partial charge is 0.464 e. The summed E-state index contributed by atoms with van der Waals surface area (Å²) in [6.45, 7) is 8.52. The first-order chi connectivity index (χ1) is 25.7. The van der Waals surface area contributed by atoms with Crippen molar-refractivity contribution in [2.75, 3.05) is 0 Å². The normalized spacial score (nSPS) is 13.0. The van der Waals surface area contributed by atoms with Gasteiger partial charge in [-0.05, 0) is 62.4 Å². The van der Waals surface area contributed by atoms with Crippen molar-refractivity contribution >= 4 is 32.7 Å². The zero-order valence-electron chi connectivity index (χ0n) is 28.6. The van der Waals surface area contributed by atoms with Crippen molar-refractivity contribution < 1.29 is 4.74 Å². The van der Waals surface area contributed by atoms with Gasteiger partial charge >= 0.3 is 0 Å². The molecule has 1 aliphatic heterocycles. The lowest BCUT2D eigenvalue weighted by Gasteiger charge is -2.16. The summed E-state index contributed by atoms with van der Waals surface area (Å²) in [6.07, 6.45) is 14.8. The molecule has 1 aromatic heterocycles. The average molecular weight is 670 g/mol. The number of rotatable bonds is 8. The van der Waals surface area contributed by atoms with E-state index in [1.54, 1.807) is 6.26 Å². The van der Waals surface area contributed by atoms with Gasteiger partial charge in [-0.25, -0.2) is 15.0 Å². The topological polar surface area (TPSA) is 47.9 Å². The van der Waals surface area contributed by atoms with Crippen LogP contribution in [0, 0.1) is 0 Å². The average Bonchev–Trinajstić information content (AvgIpc) is 3.19. The zero-order chi connectivity index (χ0) is 35.3. The molecular formula is C48H35N3O. The fourth-order valence-electron chi connectivity index (χ4n) is 6.70. The zero-order valence-corrected chi connectivity index (χ0v) is 28.6. The number of fused-ring (bicyclic) bond motifs is 4. The van der Waals surface area contributed by atoms with E-state index in [2.05, 4.69) is 86.0 Å². The Morgan fingerprint density at radius 3 is 1.85 bits per heavy atom. The summed E-state index contributed by atoms with van der Waals surface area (Å²) in [5.41, 5.74) is 7.77. The van der Waals surface area contributed by atoms with Crippen molar-refractivity contribution in [3.63, 3.8) is 0 Å². The maximum atomic E-state index is 6.11. The van der Waals surface area contributed by atoms with Crippen molar-refractivity contribution in [3.05, 3.63) is 206 Å². The predicted molar refractivity (Wildman–Crippen MR) is 216 cm³/mol. The summed E-state index contributed by atoms with van der Waals surface area (Å²) in [7, 11) is 0. The number of benzene rings is 6. The van der Waals surface area contributed by atoms with Gasteiger partial charge in [0.1, 0.15) is 5.75 Å². The van der Waals surface area contributed by atoms with Crippen LogP contribution in [0.1, 0.15) is 17.5 Å². The Bertz CT molecular complexity index is 2540. The number of ether oxygens (including phenoxy) is 1. The highest BCUT2D eigenvalue weighted by Crippen LogP contribution is 2.38. The molecule has 248 valence electrons. The molecule has 6 aromatic carbocycles. The summed E-state index contributed by atoms with van der Waals surface area (Å²) in [5, 5.41) is 4.43. The standard InChI is InChI=1S/C48H35N3O/c1-3-15-35(23-14-16-34-30-31-52-43-29-27-37-18-10-12-24-40(37)44(43)33(2)32-34)42-28-26-36-17-11-13-25-41(36)45(42)48-50-46(38-19-6-4-7-20-38)49-47(51-48)39-21-8-5-9-22-39/h3-15,17-32H,1-2,16H2/b23-14-,31-30?,34-32?,35-15+. The molecular weight excluding hydrogens is 635 g/mol. The lowest BCUT2D eigenvalue weighted by Crippen LogP contribution is -2.02. The molecule has 0 aliphatic carbocycles.